The summed E-state index contributed by atoms with van der Waals surface area (Å²) in [6, 6.07) is 9.59. The molecule has 5 nitrogen and oxygen atoms in total. The molecule has 0 saturated carbocycles. The fourth-order valence-electron chi connectivity index (χ4n) is 1.70. The number of carbonyl (C=O) groups is 1. The van der Waals surface area contributed by atoms with Crippen molar-refractivity contribution in [2.24, 2.45) is 0 Å². The lowest BCUT2D eigenvalue weighted by Crippen LogP contribution is -2.43. The van der Waals surface area contributed by atoms with Gasteiger partial charge in [0.1, 0.15) is 6.61 Å². The van der Waals surface area contributed by atoms with Crippen LogP contribution in [0.5, 0.6) is 0 Å². The average Bonchev–Trinajstić information content (AvgIpc) is 2.46. The van der Waals surface area contributed by atoms with Crippen molar-refractivity contribution in [3.63, 3.8) is 0 Å². The minimum atomic E-state index is -0.457. The SMILES string of the molecule is COC(CN(C(=O)OCc1ccccc1)C(C)C)OC. The summed E-state index contributed by atoms with van der Waals surface area (Å²) in [5.41, 5.74) is 0.958. The molecule has 0 aromatic heterocycles. The van der Waals surface area contributed by atoms with Crippen LogP contribution in [0.2, 0.25) is 0 Å². The van der Waals surface area contributed by atoms with Crippen molar-refractivity contribution < 1.29 is 19.0 Å². The molecule has 0 atom stereocenters. The van der Waals surface area contributed by atoms with Crippen LogP contribution in [-0.2, 0) is 20.8 Å². The maximum absolute atomic E-state index is 12.1. The molecule has 1 aromatic rings. The highest BCUT2D eigenvalue weighted by molar-refractivity contribution is 5.68. The summed E-state index contributed by atoms with van der Waals surface area (Å²) in [6.45, 7) is 4.43. The number of hydrogen-bond acceptors (Lipinski definition) is 4. The monoisotopic (exact) mass is 281 g/mol. The van der Waals surface area contributed by atoms with Crippen LogP contribution in [0.3, 0.4) is 0 Å². The molecule has 0 bridgehead atoms. The number of nitrogens with zero attached hydrogens (tertiary/aromatic N) is 1. The minimum Gasteiger partial charge on any atom is -0.445 e. The number of amides is 1. The number of benzene rings is 1. The fraction of sp³-hybridized carbons (Fsp3) is 0.533. The predicted octanol–water partition coefficient (Wildman–Crippen LogP) is 2.65. The van der Waals surface area contributed by atoms with Crippen molar-refractivity contribution in [2.75, 3.05) is 20.8 Å². The Balaban J connectivity index is 2.56. The van der Waals surface area contributed by atoms with E-state index in [-0.39, 0.29) is 18.7 Å². The van der Waals surface area contributed by atoms with Crippen LogP contribution < -0.4 is 0 Å². The van der Waals surface area contributed by atoms with Crippen LogP contribution in [-0.4, -0.2) is 44.1 Å². The highest BCUT2D eigenvalue weighted by Crippen LogP contribution is 2.08. The van der Waals surface area contributed by atoms with Crippen molar-refractivity contribution >= 4 is 6.09 Å². The van der Waals surface area contributed by atoms with Crippen molar-refractivity contribution in [1.29, 1.82) is 0 Å². The van der Waals surface area contributed by atoms with Crippen LogP contribution in [0.1, 0.15) is 19.4 Å². The zero-order valence-electron chi connectivity index (χ0n) is 12.5. The van der Waals surface area contributed by atoms with E-state index in [1.165, 1.54) is 0 Å². The molecule has 0 radical (unpaired) electrons. The van der Waals surface area contributed by atoms with Crippen molar-refractivity contribution in [2.45, 2.75) is 32.8 Å². The summed E-state index contributed by atoms with van der Waals surface area (Å²) in [7, 11) is 3.09. The van der Waals surface area contributed by atoms with Crippen LogP contribution in [0.15, 0.2) is 30.3 Å². The lowest BCUT2D eigenvalue weighted by molar-refractivity contribution is -0.116. The molecule has 1 amide bonds. The van der Waals surface area contributed by atoms with E-state index >= 15 is 0 Å². The predicted molar refractivity (Wildman–Crippen MR) is 76.3 cm³/mol. The Kier molecular flexibility index (Phi) is 7.04. The van der Waals surface area contributed by atoms with Gasteiger partial charge in [-0.2, -0.15) is 0 Å². The molecule has 0 aliphatic carbocycles. The molecule has 0 spiro atoms. The highest BCUT2D eigenvalue weighted by Gasteiger charge is 2.22. The van der Waals surface area contributed by atoms with Gasteiger partial charge in [-0.05, 0) is 19.4 Å². The Labute approximate surface area is 120 Å². The molecule has 0 heterocycles. The quantitative estimate of drug-likeness (QED) is 0.721. The summed E-state index contributed by atoms with van der Waals surface area (Å²) < 4.78 is 15.6. The molecule has 1 rings (SSSR count). The summed E-state index contributed by atoms with van der Waals surface area (Å²) in [5, 5.41) is 0. The molecule has 20 heavy (non-hydrogen) atoms. The van der Waals surface area contributed by atoms with E-state index in [0.717, 1.165) is 5.56 Å². The maximum Gasteiger partial charge on any atom is 0.410 e. The molecule has 112 valence electrons. The third-order valence-corrected chi connectivity index (χ3v) is 2.93. The topological polar surface area (TPSA) is 48.0 Å². The summed E-state index contributed by atoms with van der Waals surface area (Å²) in [5.74, 6) is 0. The van der Waals surface area contributed by atoms with Gasteiger partial charge < -0.3 is 19.1 Å². The first-order valence-electron chi connectivity index (χ1n) is 6.61. The Hall–Kier alpha value is -1.59. The standard InChI is InChI=1S/C15H23NO4/c1-12(2)16(10-14(18-3)19-4)15(17)20-11-13-8-6-5-7-9-13/h5-9,12,14H,10-11H2,1-4H3. The van der Waals surface area contributed by atoms with Crippen molar-refractivity contribution in [1.82, 2.24) is 4.90 Å². The van der Waals surface area contributed by atoms with Gasteiger partial charge in [-0.1, -0.05) is 30.3 Å². The number of carbonyl (C=O) groups excluding carboxylic acids is 1. The van der Waals surface area contributed by atoms with Gasteiger partial charge in [-0.15, -0.1) is 0 Å². The first kappa shape index (κ1) is 16.5. The zero-order chi connectivity index (χ0) is 15.0. The number of hydrogen-bond donors (Lipinski definition) is 0. The van der Waals surface area contributed by atoms with Crippen LogP contribution in [0.4, 0.5) is 4.79 Å². The van der Waals surface area contributed by atoms with E-state index < -0.39 is 6.29 Å². The largest absolute Gasteiger partial charge is 0.445 e. The Morgan fingerprint density at radius 1 is 1.15 bits per heavy atom. The molecule has 0 N–H and O–H groups in total. The molecular weight excluding hydrogens is 258 g/mol. The summed E-state index contributed by atoms with van der Waals surface area (Å²) in [4.78, 5) is 13.7. The van der Waals surface area contributed by atoms with Crippen LogP contribution in [0, 0.1) is 0 Å². The Morgan fingerprint density at radius 2 is 1.75 bits per heavy atom. The minimum absolute atomic E-state index is 0.00562. The third kappa shape index (κ3) is 5.19. The first-order chi connectivity index (χ1) is 9.58. The fourth-order valence-corrected chi connectivity index (χ4v) is 1.70. The molecule has 0 aliphatic rings. The van der Waals surface area contributed by atoms with E-state index in [1.54, 1.807) is 19.1 Å². The van der Waals surface area contributed by atoms with Crippen molar-refractivity contribution in [3.8, 4) is 0 Å². The highest BCUT2D eigenvalue weighted by atomic mass is 16.7. The Bertz CT molecular complexity index is 390. The normalized spacial score (nSPS) is 10.9. The molecule has 0 unspecified atom stereocenters. The number of methoxy groups -OCH3 is 2. The van der Waals surface area contributed by atoms with Gasteiger partial charge in [-0.3, -0.25) is 0 Å². The van der Waals surface area contributed by atoms with Gasteiger partial charge in [0.2, 0.25) is 0 Å². The van der Waals surface area contributed by atoms with E-state index in [1.807, 2.05) is 44.2 Å². The lowest BCUT2D eigenvalue weighted by Gasteiger charge is -2.28. The molecule has 0 saturated heterocycles. The molecular formula is C15H23NO4. The van der Waals surface area contributed by atoms with Crippen LogP contribution >= 0.6 is 0 Å². The van der Waals surface area contributed by atoms with Crippen molar-refractivity contribution in [3.05, 3.63) is 35.9 Å². The second kappa shape index (κ2) is 8.55. The summed E-state index contributed by atoms with van der Waals surface area (Å²) in [6.07, 6.45) is -0.829. The smallest absolute Gasteiger partial charge is 0.410 e. The first-order valence-corrected chi connectivity index (χ1v) is 6.61. The number of ether oxygens (including phenoxy) is 3. The van der Waals surface area contributed by atoms with E-state index in [9.17, 15) is 4.79 Å². The van der Waals surface area contributed by atoms with E-state index in [2.05, 4.69) is 0 Å². The second-order valence-corrected chi connectivity index (χ2v) is 4.69. The molecule has 0 fully saturated rings. The maximum atomic E-state index is 12.1. The van der Waals surface area contributed by atoms with Gasteiger partial charge in [0.25, 0.3) is 0 Å². The van der Waals surface area contributed by atoms with Gasteiger partial charge in [0.15, 0.2) is 6.29 Å². The zero-order valence-corrected chi connectivity index (χ0v) is 12.5. The van der Waals surface area contributed by atoms with Gasteiger partial charge in [0, 0.05) is 20.3 Å². The number of rotatable bonds is 7. The van der Waals surface area contributed by atoms with Gasteiger partial charge in [-0.25, -0.2) is 4.79 Å². The molecule has 0 aliphatic heterocycles. The summed E-state index contributed by atoms with van der Waals surface area (Å²) >= 11 is 0. The lowest BCUT2D eigenvalue weighted by atomic mass is 10.2. The molecule has 5 heteroatoms. The van der Waals surface area contributed by atoms with Crippen LogP contribution in [0.25, 0.3) is 0 Å². The van der Waals surface area contributed by atoms with E-state index in [0.29, 0.717) is 6.54 Å². The third-order valence-electron chi connectivity index (χ3n) is 2.93. The van der Waals surface area contributed by atoms with Gasteiger partial charge >= 0.3 is 6.09 Å². The Morgan fingerprint density at radius 3 is 2.25 bits per heavy atom. The van der Waals surface area contributed by atoms with E-state index in [4.69, 9.17) is 14.2 Å². The second-order valence-electron chi connectivity index (χ2n) is 4.69. The van der Waals surface area contributed by atoms with Gasteiger partial charge in [0.05, 0.1) is 6.54 Å². The average molecular weight is 281 g/mol. The molecule has 1 aromatic carbocycles.